The Balaban J connectivity index is 2.29. The molecule has 0 amide bonds. The Kier molecular flexibility index (Phi) is 5.89. The molecule has 1 unspecified atom stereocenters. The highest BCUT2D eigenvalue weighted by Gasteiger charge is 2.27. The molecule has 0 aromatic carbocycles. The lowest BCUT2D eigenvalue weighted by Gasteiger charge is -2.33. The van der Waals surface area contributed by atoms with Gasteiger partial charge in [0.15, 0.2) is 9.84 Å². The molecule has 102 valence electrons. The van der Waals surface area contributed by atoms with E-state index in [9.17, 15) is 8.42 Å². The minimum atomic E-state index is -2.78. The van der Waals surface area contributed by atoms with Gasteiger partial charge < -0.3 is 5.32 Å². The molecule has 0 aromatic heterocycles. The van der Waals surface area contributed by atoms with Gasteiger partial charge >= 0.3 is 0 Å². The first-order valence-electron chi connectivity index (χ1n) is 6.66. The quantitative estimate of drug-likeness (QED) is 0.772. The second kappa shape index (κ2) is 6.71. The maximum absolute atomic E-state index is 11.4. The molecule has 1 fully saturated rings. The maximum Gasteiger partial charge on any atom is 0.153 e. The predicted molar refractivity (Wildman–Crippen MR) is 72.1 cm³/mol. The SMILES string of the molecule is CCC(CC)NCCN1CCS(=O)(=O)CC1C. The summed E-state index contributed by atoms with van der Waals surface area (Å²) >= 11 is 0. The van der Waals surface area contributed by atoms with Crippen molar-refractivity contribution in [1.82, 2.24) is 10.2 Å². The van der Waals surface area contributed by atoms with E-state index < -0.39 is 9.84 Å². The van der Waals surface area contributed by atoms with Gasteiger partial charge in [0.25, 0.3) is 0 Å². The highest BCUT2D eigenvalue weighted by molar-refractivity contribution is 7.91. The summed E-state index contributed by atoms with van der Waals surface area (Å²) in [5.74, 6) is 0.639. The second-order valence-electron chi connectivity index (χ2n) is 4.97. The number of sulfone groups is 1. The van der Waals surface area contributed by atoms with Gasteiger partial charge in [-0.15, -0.1) is 0 Å². The summed E-state index contributed by atoms with van der Waals surface area (Å²) in [6.07, 6.45) is 2.31. The Hall–Kier alpha value is -0.130. The summed E-state index contributed by atoms with van der Waals surface area (Å²) in [5.41, 5.74) is 0. The molecule has 5 heteroatoms. The molecule has 17 heavy (non-hydrogen) atoms. The minimum Gasteiger partial charge on any atom is -0.313 e. The number of nitrogens with one attached hydrogen (secondary N) is 1. The van der Waals surface area contributed by atoms with Gasteiger partial charge in [-0.2, -0.15) is 0 Å². The van der Waals surface area contributed by atoms with Gasteiger partial charge in [-0.3, -0.25) is 4.90 Å². The minimum absolute atomic E-state index is 0.164. The molecule has 1 heterocycles. The Morgan fingerprint density at radius 3 is 2.53 bits per heavy atom. The van der Waals surface area contributed by atoms with Crippen molar-refractivity contribution in [2.75, 3.05) is 31.1 Å². The first kappa shape index (κ1) is 14.9. The topological polar surface area (TPSA) is 49.4 Å². The van der Waals surface area contributed by atoms with Crippen LogP contribution >= 0.6 is 0 Å². The average Bonchev–Trinajstić information content (AvgIpc) is 2.26. The molecule has 0 aliphatic carbocycles. The van der Waals surface area contributed by atoms with Gasteiger partial charge in [0.1, 0.15) is 0 Å². The average molecular weight is 262 g/mol. The van der Waals surface area contributed by atoms with Crippen molar-refractivity contribution in [3.05, 3.63) is 0 Å². The highest BCUT2D eigenvalue weighted by Crippen LogP contribution is 2.10. The lowest BCUT2D eigenvalue weighted by Crippen LogP contribution is -2.49. The fourth-order valence-corrected chi connectivity index (χ4v) is 3.98. The number of hydrogen-bond donors (Lipinski definition) is 1. The largest absolute Gasteiger partial charge is 0.313 e. The Morgan fingerprint density at radius 2 is 2.00 bits per heavy atom. The van der Waals surface area contributed by atoms with Crippen LogP contribution in [0.15, 0.2) is 0 Å². The molecule has 0 spiro atoms. The zero-order valence-electron chi connectivity index (χ0n) is 11.3. The molecule has 1 saturated heterocycles. The van der Waals surface area contributed by atoms with Crippen LogP contribution < -0.4 is 5.32 Å². The Bertz CT molecular complexity index is 312. The summed E-state index contributed by atoms with van der Waals surface area (Å²) in [7, 11) is -2.78. The number of rotatable bonds is 6. The molecule has 0 aromatic rings. The summed E-state index contributed by atoms with van der Waals surface area (Å²) in [4.78, 5) is 2.27. The van der Waals surface area contributed by atoms with Crippen molar-refractivity contribution in [2.45, 2.75) is 45.7 Å². The van der Waals surface area contributed by atoms with Crippen LogP contribution in [-0.4, -0.2) is 56.5 Å². The first-order chi connectivity index (χ1) is 7.98. The summed E-state index contributed by atoms with van der Waals surface area (Å²) < 4.78 is 22.9. The monoisotopic (exact) mass is 262 g/mol. The second-order valence-corrected chi connectivity index (χ2v) is 7.20. The van der Waals surface area contributed by atoms with E-state index in [1.54, 1.807) is 0 Å². The van der Waals surface area contributed by atoms with E-state index in [-0.39, 0.29) is 6.04 Å². The van der Waals surface area contributed by atoms with E-state index in [2.05, 4.69) is 24.1 Å². The van der Waals surface area contributed by atoms with Crippen LogP contribution in [-0.2, 0) is 9.84 Å². The Morgan fingerprint density at radius 1 is 1.35 bits per heavy atom. The zero-order chi connectivity index (χ0) is 12.9. The fourth-order valence-electron chi connectivity index (χ4n) is 2.35. The molecule has 1 aliphatic rings. The van der Waals surface area contributed by atoms with Crippen LogP contribution in [0.1, 0.15) is 33.6 Å². The van der Waals surface area contributed by atoms with E-state index >= 15 is 0 Å². The van der Waals surface area contributed by atoms with Crippen molar-refractivity contribution in [1.29, 1.82) is 0 Å². The zero-order valence-corrected chi connectivity index (χ0v) is 12.1. The van der Waals surface area contributed by atoms with Crippen LogP contribution in [0.2, 0.25) is 0 Å². The summed E-state index contributed by atoms with van der Waals surface area (Å²) in [6, 6.07) is 0.760. The smallest absolute Gasteiger partial charge is 0.153 e. The van der Waals surface area contributed by atoms with Crippen LogP contribution in [0.3, 0.4) is 0 Å². The van der Waals surface area contributed by atoms with Crippen molar-refractivity contribution >= 4 is 9.84 Å². The maximum atomic E-state index is 11.4. The fraction of sp³-hybridized carbons (Fsp3) is 1.00. The number of hydrogen-bond acceptors (Lipinski definition) is 4. The molecule has 1 rings (SSSR count). The predicted octanol–water partition coefficient (Wildman–Crippen LogP) is 0.884. The highest BCUT2D eigenvalue weighted by atomic mass is 32.2. The normalized spacial score (nSPS) is 25.3. The lowest BCUT2D eigenvalue weighted by molar-refractivity contribution is 0.223. The molecule has 0 saturated carbocycles. The van der Waals surface area contributed by atoms with E-state index in [0.29, 0.717) is 24.1 Å². The van der Waals surface area contributed by atoms with E-state index in [0.717, 1.165) is 25.9 Å². The van der Waals surface area contributed by atoms with Gasteiger partial charge in [0.2, 0.25) is 0 Å². The molecule has 0 radical (unpaired) electrons. The van der Waals surface area contributed by atoms with Gasteiger partial charge in [-0.1, -0.05) is 13.8 Å². The number of nitrogens with zero attached hydrogens (tertiary/aromatic N) is 1. The molecule has 1 aliphatic heterocycles. The molecule has 4 nitrogen and oxygen atoms in total. The van der Waals surface area contributed by atoms with Crippen molar-refractivity contribution in [3.63, 3.8) is 0 Å². The van der Waals surface area contributed by atoms with Gasteiger partial charge in [0, 0.05) is 31.7 Å². The van der Waals surface area contributed by atoms with Crippen molar-refractivity contribution in [3.8, 4) is 0 Å². The lowest BCUT2D eigenvalue weighted by atomic mass is 10.2. The van der Waals surface area contributed by atoms with Crippen LogP contribution in [0, 0.1) is 0 Å². The standard InChI is InChI=1S/C12H26N2O2S/c1-4-12(5-2)13-6-7-14-8-9-17(15,16)10-11(14)3/h11-13H,4-10H2,1-3H3. The first-order valence-corrected chi connectivity index (χ1v) is 8.48. The van der Waals surface area contributed by atoms with Gasteiger partial charge in [-0.25, -0.2) is 8.42 Å². The van der Waals surface area contributed by atoms with Gasteiger partial charge in [-0.05, 0) is 19.8 Å². The third-order valence-corrected chi connectivity index (χ3v) is 5.42. The molecule has 1 atom stereocenters. The molecular formula is C12H26N2O2S. The molecular weight excluding hydrogens is 236 g/mol. The van der Waals surface area contributed by atoms with Gasteiger partial charge in [0.05, 0.1) is 11.5 Å². The third kappa shape index (κ3) is 4.94. The Labute approximate surface area is 106 Å². The van der Waals surface area contributed by atoms with Crippen molar-refractivity contribution < 1.29 is 8.42 Å². The summed E-state index contributed by atoms with van der Waals surface area (Å²) in [5, 5.41) is 3.52. The van der Waals surface area contributed by atoms with Crippen LogP contribution in [0.25, 0.3) is 0 Å². The molecule has 0 bridgehead atoms. The van der Waals surface area contributed by atoms with E-state index in [1.807, 2.05) is 6.92 Å². The summed E-state index contributed by atoms with van der Waals surface area (Å²) in [6.45, 7) is 8.99. The molecule has 1 N–H and O–H groups in total. The van der Waals surface area contributed by atoms with Crippen molar-refractivity contribution in [2.24, 2.45) is 0 Å². The van der Waals surface area contributed by atoms with E-state index in [1.165, 1.54) is 0 Å². The van der Waals surface area contributed by atoms with E-state index in [4.69, 9.17) is 0 Å². The van der Waals surface area contributed by atoms with Crippen LogP contribution in [0.5, 0.6) is 0 Å². The van der Waals surface area contributed by atoms with Crippen LogP contribution in [0.4, 0.5) is 0 Å². The third-order valence-electron chi connectivity index (χ3n) is 3.63.